The molecule has 0 aliphatic carbocycles. The third-order valence-electron chi connectivity index (χ3n) is 20.9. The van der Waals surface area contributed by atoms with E-state index in [1.807, 2.05) is 97.1 Å². The van der Waals surface area contributed by atoms with Gasteiger partial charge in [0, 0.05) is 27.8 Å². The van der Waals surface area contributed by atoms with Crippen LogP contribution in [-0.4, -0.2) is 48.2 Å². The highest BCUT2D eigenvalue weighted by Gasteiger charge is 2.51. The Kier molecular flexibility index (Phi) is 19.4. The number of nitrogens with zero attached hydrogens (tertiary/aromatic N) is 6. The van der Waals surface area contributed by atoms with Gasteiger partial charge < -0.3 is 9.31 Å². The zero-order valence-corrected chi connectivity index (χ0v) is 62.0. The van der Waals surface area contributed by atoms with Crippen LogP contribution in [0.5, 0.6) is 0 Å². The average Bonchev–Trinajstić information content (AvgIpc) is 0.873. The molecule has 1 fully saturated rings. The highest BCUT2D eigenvalue weighted by atomic mass is 35.5. The topological polar surface area (TPSA) is 95.8 Å². The summed E-state index contributed by atoms with van der Waals surface area (Å²) in [7, 11) is -0.388. The first-order valence-corrected chi connectivity index (χ1v) is 37.5. The van der Waals surface area contributed by atoms with Gasteiger partial charge >= 0.3 is 7.12 Å². The molecule has 110 heavy (non-hydrogen) atoms. The first-order chi connectivity index (χ1) is 53.9. The predicted octanol–water partition coefficient (Wildman–Crippen LogP) is 25.3. The molecule has 0 spiro atoms. The minimum absolute atomic E-state index is 0.189. The zero-order valence-electron chi connectivity index (χ0n) is 61.3. The number of hydrogen-bond acceptors (Lipinski definition) is 8. The molecule has 3 heterocycles. The van der Waals surface area contributed by atoms with Crippen molar-refractivity contribution < 1.29 is 9.31 Å². The molecule has 0 radical (unpaired) electrons. The van der Waals surface area contributed by atoms with E-state index in [-0.39, 0.29) is 23.6 Å². The third kappa shape index (κ3) is 14.3. The van der Waals surface area contributed by atoms with Crippen LogP contribution in [-0.2, 0) is 9.31 Å². The molecule has 0 unspecified atom stereocenters. The van der Waals surface area contributed by atoms with Gasteiger partial charge in [0.25, 0.3) is 0 Å². The third-order valence-corrected chi connectivity index (χ3v) is 21.0. The molecule has 526 valence electrons. The second-order valence-electron chi connectivity index (χ2n) is 28.4. The summed E-state index contributed by atoms with van der Waals surface area (Å²) >= 11 is 6.14. The van der Waals surface area contributed by atoms with Gasteiger partial charge in [0.15, 0.2) is 29.1 Å². The van der Waals surface area contributed by atoms with Crippen LogP contribution in [0.15, 0.2) is 376 Å². The quantitative estimate of drug-likeness (QED) is 0.0882. The van der Waals surface area contributed by atoms with E-state index >= 15 is 0 Å². The number of hydrogen-bond donors (Lipinski definition) is 0. The summed E-state index contributed by atoms with van der Waals surface area (Å²) in [6, 6.07) is 131. The van der Waals surface area contributed by atoms with Crippen molar-refractivity contribution in [3.8, 4) is 124 Å². The molecule has 0 saturated carbocycles. The van der Waals surface area contributed by atoms with Crippen molar-refractivity contribution in [3.05, 3.63) is 381 Å². The Balaban J connectivity index is 0.000000128. The van der Waals surface area contributed by atoms with Gasteiger partial charge in [-0.1, -0.05) is 358 Å². The second kappa shape index (κ2) is 30.6. The molecular formula is C100H74BClN6O2. The molecule has 0 bridgehead atoms. The SMILES string of the molecule is CC1(C)OB(c2cccc(-c3c4ccccc4c(-c4ccccc4)c4ccccc34)c2)OC1(C)C.Clc1nc(-c2ccccc2)nc(-c2cccc(-c3ccccc3)c2)n1.c1ccc(-c2cccc(-c3nc(-c4ccccc4)nc(-c4cccc(-c5c6ccccc6c(-c6ccccc6)c6ccccc56)c4)n3)c2)cc1. The van der Waals surface area contributed by atoms with Crippen molar-refractivity contribution in [2.45, 2.75) is 38.9 Å². The summed E-state index contributed by atoms with van der Waals surface area (Å²) < 4.78 is 12.7. The lowest BCUT2D eigenvalue weighted by Gasteiger charge is -2.32. The summed E-state index contributed by atoms with van der Waals surface area (Å²) in [6.45, 7) is 8.39. The molecule has 0 atom stereocenters. The van der Waals surface area contributed by atoms with Crippen LogP contribution in [0.1, 0.15) is 27.7 Å². The first kappa shape index (κ1) is 69.9. The lowest BCUT2D eigenvalue weighted by molar-refractivity contribution is 0.00578. The molecular weight excluding hydrogens is 1360 g/mol. The Morgan fingerprint density at radius 2 is 0.427 bits per heavy atom. The Bertz CT molecular complexity index is 6240. The van der Waals surface area contributed by atoms with Gasteiger partial charge in [-0.25, -0.2) is 19.9 Å². The normalized spacial score (nSPS) is 12.8. The van der Waals surface area contributed by atoms with Crippen LogP contribution >= 0.6 is 11.6 Å². The van der Waals surface area contributed by atoms with Gasteiger partial charge in [-0.15, -0.1) is 0 Å². The Morgan fingerprint density at radius 3 is 0.764 bits per heavy atom. The minimum Gasteiger partial charge on any atom is -0.399 e. The lowest BCUT2D eigenvalue weighted by atomic mass is 9.77. The van der Waals surface area contributed by atoms with E-state index in [4.69, 9.17) is 35.9 Å². The van der Waals surface area contributed by atoms with E-state index in [0.717, 1.165) is 61.1 Å². The maximum absolute atomic E-state index is 6.37. The average molecular weight is 1440 g/mol. The van der Waals surface area contributed by atoms with Crippen molar-refractivity contribution >= 4 is 67.3 Å². The monoisotopic (exact) mass is 1440 g/mol. The van der Waals surface area contributed by atoms with Gasteiger partial charge in [0.05, 0.1) is 11.2 Å². The van der Waals surface area contributed by atoms with Crippen LogP contribution in [0.4, 0.5) is 0 Å². The van der Waals surface area contributed by atoms with Crippen molar-refractivity contribution in [2.75, 3.05) is 0 Å². The Hall–Kier alpha value is -13.1. The predicted molar refractivity (Wildman–Crippen MR) is 457 cm³/mol. The fraction of sp³-hybridized carbons (Fsp3) is 0.0600. The van der Waals surface area contributed by atoms with Crippen molar-refractivity contribution in [1.29, 1.82) is 0 Å². The highest BCUT2D eigenvalue weighted by Crippen LogP contribution is 2.47. The van der Waals surface area contributed by atoms with E-state index in [1.165, 1.54) is 82.0 Å². The van der Waals surface area contributed by atoms with E-state index in [1.54, 1.807) is 0 Å². The first-order valence-electron chi connectivity index (χ1n) is 37.1. The molecule has 8 nitrogen and oxygen atoms in total. The summed E-state index contributed by atoms with van der Waals surface area (Å²) in [5.74, 6) is 3.05. The van der Waals surface area contributed by atoms with Crippen molar-refractivity contribution in [3.63, 3.8) is 0 Å². The maximum atomic E-state index is 6.37. The van der Waals surface area contributed by atoms with Crippen LogP contribution < -0.4 is 5.46 Å². The van der Waals surface area contributed by atoms with E-state index in [9.17, 15) is 0 Å². The number of fused-ring (bicyclic) bond motifs is 4. The standard InChI is InChI=1S/C47H31N3.C32H29BO2.C21H14ClN3/c1-4-16-32(17-5-1)35-22-14-24-37(30-35)46-48-45(34-20-8-3-9-21-34)49-47(50-46)38-25-15-23-36(31-38)44-41-28-12-10-26-39(41)43(33-18-6-2-7-19-33)40-27-11-13-29-42(40)44;1-31(2)32(3,4)35-33(34-31)24-16-12-15-23(21-24)30-27-19-10-8-17-25(27)29(22-13-6-5-7-14-22)26-18-9-11-20-28(26)30;22-21-24-19(16-10-5-2-6-11-16)23-20(25-21)18-13-7-12-17(14-18)15-8-3-1-4-9-15/h1-31H;5-21H,1-4H3;1-14H. The minimum atomic E-state index is -0.388. The summed E-state index contributed by atoms with van der Waals surface area (Å²) in [5.41, 5.74) is 19.2. The fourth-order valence-electron chi connectivity index (χ4n) is 14.8. The van der Waals surface area contributed by atoms with Crippen LogP contribution in [0.3, 0.4) is 0 Å². The zero-order chi connectivity index (χ0) is 74.6. The van der Waals surface area contributed by atoms with Crippen molar-refractivity contribution in [1.82, 2.24) is 29.9 Å². The van der Waals surface area contributed by atoms with Crippen LogP contribution in [0, 0.1) is 0 Å². The molecule has 1 saturated heterocycles. The molecule has 0 amide bonds. The summed E-state index contributed by atoms with van der Waals surface area (Å²) in [6.07, 6.45) is 0. The molecule has 10 heteroatoms. The molecule has 18 aromatic rings. The molecule has 0 N–H and O–H groups in total. The van der Waals surface area contributed by atoms with Gasteiger partial charge in [-0.3, -0.25) is 0 Å². The van der Waals surface area contributed by atoms with Crippen LogP contribution in [0.25, 0.3) is 167 Å². The molecule has 16 aromatic carbocycles. The second-order valence-corrected chi connectivity index (χ2v) is 28.7. The lowest BCUT2D eigenvalue weighted by Crippen LogP contribution is -2.41. The smallest absolute Gasteiger partial charge is 0.399 e. The van der Waals surface area contributed by atoms with E-state index < -0.39 is 0 Å². The largest absolute Gasteiger partial charge is 0.494 e. The summed E-state index contributed by atoms with van der Waals surface area (Å²) in [4.78, 5) is 28.4. The number of rotatable bonds is 12. The molecule has 1 aliphatic rings. The number of halogens is 1. The molecule has 2 aromatic heterocycles. The molecule has 19 rings (SSSR count). The van der Waals surface area contributed by atoms with Gasteiger partial charge in [-0.2, -0.15) is 9.97 Å². The van der Waals surface area contributed by atoms with E-state index in [2.05, 4.69) is 322 Å². The van der Waals surface area contributed by atoms with Gasteiger partial charge in [0.2, 0.25) is 5.28 Å². The van der Waals surface area contributed by atoms with Crippen molar-refractivity contribution in [2.24, 2.45) is 0 Å². The Morgan fingerprint density at radius 1 is 0.209 bits per heavy atom. The maximum Gasteiger partial charge on any atom is 0.494 e. The number of benzene rings is 16. The fourth-order valence-corrected chi connectivity index (χ4v) is 15.0. The molecule has 1 aliphatic heterocycles. The summed E-state index contributed by atoms with van der Waals surface area (Å²) in [5, 5.41) is 10.1. The van der Waals surface area contributed by atoms with Gasteiger partial charge in [-0.05, 0) is 173 Å². The van der Waals surface area contributed by atoms with Crippen LogP contribution in [0.2, 0.25) is 5.28 Å². The van der Waals surface area contributed by atoms with Gasteiger partial charge in [0.1, 0.15) is 0 Å². The highest BCUT2D eigenvalue weighted by molar-refractivity contribution is 6.62. The van der Waals surface area contributed by atoms with E-state index in [0.29, 0.717) is 29.1 Å². The number of aromatic nitrogens is 6. The Labute approximate surface area is 646 Å².